The molecule has 3 N–H and O–H groups in total. The summed E-state index contributed by atoms with van der Waals surface area (Å²) in [5.41, 5.74) is -0.826. The van der Waals surface area contributed by atoms with Crippen molar-refractivity contribution in [2.45, 2.75) is 43.2 Å². The number of hydrogen-bond donors (Lipinski definition) is 3. The van der Waals surface area contributed by atoms with E-state index in [1.165, 1.54) is 35.1 Å². The molecular weight excluding hydrogens is 483 g/mol. The first-order valence-corrected chi connectivity index (χ1v) is 10.9. The van der Waals surface area contributed by atoms with Gasteiger partial charge in [-0.05, 0) is 36.6 Å². The molecule has 190 valence electrons. The van der Waals surface area contributed by atoms with Crippen molar-refractivity contribution in [3.05, 3.63) is 52.4 Å². The average molecular weight is 505 g/mol. The van der Waals surface area contributed by atoms with Crippen molar-refractivity contribution in [2.75, 3.05) is 19.0 Å². The van der Waals surface area contributed by atoms with Crippen LogP contribution in [-0.2, 0) is 19.8 Å². The Morgan fingerprint density at radius 3 is 2.69 bits per heavy atom. The number of rotatable bonds is 7. The summed E-state index contributed by atoms with van der Waals surface area (Å²) in [7, 11) is 0.972. The maximum atomic E-state index is 13.2. The van der Waals surface area contributed by atoms with Crippen molar-refractivity contribution in [1.29, 1.82) is 5.26 Å². The summed E-state index contributed by atoms with van der Waals surface area (Å²) >= 11 is 0. The smallest absolute Gasteiger partial charge is 0.418 e. The summed E-state index contributed by atoms with van der Waals surface area (Å²) < 4.78 is 51.1. The number of alkyl halides is 3. The number of aliphatic carboxylic acids is 1. The molecule has 0 saturated carbocycles. The fourth-order valence-corrected chi connectivity index (χ4v) is 4.40. The standard InChI is InChI=1S/C23H22F3N5O5/c1-35-18(23(24,25)26)13-2-4-14(5-3-13)29-19-17-15(7-11-28-20(17)32)31(30-19)22(9-10-27)8-6-16(21(33)34)36-12-22/h2-5,7,11,16,18H,6,8-9,12H2,1H3,(H,28,32)(H,29,30)(H,33,34). The number of carboxylic acid groups (broad SMARTS) is 1. The van der Waals surface area contributed by atoms with Crippen molar-refractivity contribution in [1.82, 2.24) is 14.8 Å². The van der Waals surface area contributed by atoms with Crippen molar-refractivity contribution in [3.8, 4) is 6.07 Å². The molecule has 13 heteroatoms. The van der Waals surface area contributed by atoms with Crippen LogP contribution >= 0.6 is 0 Å². The van der Waals surface area contributed by atoms with E-state index < -0.39 is 35.5 Å². The molecule has 1 fully saturated rings. The zero-order valence-corrected chi connectivity index (χ0v) is 19.0. The van der Waals surface area contributed by atoms with Gasteiger partial charge >= 0.3 is 12.1 Å². The number of anilines is 2. The number of aromatic nitrogens is 3. The number of methoxy groups -OCH3 is 1. The second-order valence-electron chi connectivity index (χ2n) is 8.47. The fourth-order valence-electron chi connectivity index (χ4n) is 4.40. The maximum Gasteiger partial charge on any atom is 0.418 e. The highest BCUT2D eigenvalue weighted by molar-refractivity contribution is 5.91. The maximum absolute atomic E-state index is 13.2. The lowest BCUT2D eigenvalue weighted by molar-refractivity contribution is -0.215. The van der Waals surface area contributed by atoms with Gasteiger partial charge in [-0.1, -0.05) is 12.1 Å². The highest BCUT2D eigenvalue weighted by atomic mass is 19.4. The van der Waals surface area contributed by atoms with Crippen LogP contribution in [0.1, 0.15) is 30.9 Å². The molecule has 36 heavy (non-hydrogen) atoms. The van der Waals surface area contributed by atoms with Crippen LogP contribution in [0.3, 0.4) is 0 Å². The monoisotopic (exact) mass is 505 g/mol. The van der Waals surface area contributed by atoms with Gasteiger partial charge in [-0.15, -0.1) is 0 Å². The molecule has 1 aliphatic rings. The van der Waals surface area contributed by atoms with E-state index in [9.17, 15) is 33.1 Å². The summed E-state index contributed by atoms with van der Waals surface area (Å²) in [4.78, 5) is 26.6. The summed E-state index contributed by atoms with van der Waals surface area (Å²) in [6.45, 7) is -0.106. The van der Waals surface area contributed by atoms with Gasteiger partial charge in [0.25, 0.3) is 5.56 Å². The number of pyridine rings is 1. The minimum atomic E-state index is -4.58. The summed E-state index contributed by atoms with van der Waals surface area (Å²) in [5.74, 6) is -0.981. The molecule has 0 spiro atoms. The number of aromatic amines is 1. The van der Waals surface area contributed by atoms with Crippen LogP contribution in [0.4, 0.5) is 24.7 Å². The van der Waals surface area contributed by atoms with E-state index in [1.54, 1.807) is 6.07 Å². The Hall–Kier alpha value is -3.89. The molecule has 2 aromatic heterocycles. The Balaban J connectivity index is 1.72. The van der Waals surface area contributed by atoms with Crippen LogP contribution in [0, 0.1) is 11.3 Å². The normalized spacial score (nSPS) is 21.1. The van der Waals surface area contributed by atoms with Gasteiger partial charge in [0, 0.05) is 19.0 Å². The molecule has 4 rings (SSSR count). The summed E-state index contributed by atoms with van der Waals surface area (Å²) in [5, 5.41) is 26.4. The average Bonchev–Trinajstić information content (AvgIpc) is 3.20. The van der Waals surface area contributed by atoms with E-state index in [4.69, 9.17) is 4.74 Å². The van der Waals surface area contributed by atoms with Crippen molar-refractivity contribution >= 4 is 28.4 Å². The molecular formula is C23H22F3N5O5. The fraction of sp³-hybridized carbons (Fsp3) is 0.391. The van der Waals surface area contributed by atoms with Crippen LogP contribution < -0.4 is 10.9 Å². The SMILES string of the molecule is COC(c1ccc(Nc2nn(C3(CC#N)CCC(C(=O)O)OC3)c3cc[nH]c(=O)c23)cc1)C(F)(F)F. The molecule has 3 aromatic rings. The molecule has 3 unspecified atom stereocenters. The summed E-state index contributed by atoms with van der Waals surface area (Å²) in [6, 6.07) is 9.02. The number of H-pyrrole nitrogens is 1. The van der Waals surface area contributed by atoms with Crippen LogP contribution in [-0.4, -0.2) is 51.8 Å². The van der Waals surface area contributed by atoms with Gasteiger partial charge in [0.2, 0.25) is 0 Å². The molecule has 0 bridgehead atoms. The Labute approximate surface area is 202 Å². The highest BCUT2D eigenvalue weighted by Gasteiger charge is 2.43. The number of halogens is 3. The molecule has 0 aliphatic carbocycles. The van der Waals surface area contributed by atoms with Crippen molar-refractivity contribution in [3.63, 3.8) is 0 Å². The number of nitrogens with one attached hydrogen (secondary N) is 2. The first-order valence-electron chi connectivity index (χ1n) is 10.9. The third-order valence-electron chi connectivity index (χ3n) is 6.17. The molecule has 0 radical (unpaired) electrons. The molecule has 3 heterocycles. The van der Waals surface area contributed by atoms with Crippen molar-refractivity contribution < 1.29 is 32.5 Å². The lowest BCUT2D eigenvalue weighted by Crippen LogP contribution is -2.46. The van der Waals surface area contributed by atoms with Crippen LogP contribution in [0.5, 0.6) is 0 Å². The zero-order valence-electron chi connectivity index (χ0n) is 19.0. The highest BCUT2D eigenvalue weighted by Crippen LogP contribution is 2.38. The van der Waals surface area contributed by atoms with E-state index in [0.717, 1.165) is 7.11 Å². The minimum Gasteiger partial charge on any atom is -0.479 e. The molecule has 3 atom stereocenters. The number of carbonyl (C=O) groups is 1. The summed E-state index contributed by atoms with van der Waals surface area (Å²) in [6.07, 6.45) is -5.88. The van der Waals surface area contributed by atoms with Gasteiger partial charge in [0.05, 0.1) is 30.2 Å². The molecule has 10 nitrogen and oxygen atoms in total. The number of fused-ring (bicyclic) bond motifs is 1. The van der Waals surface area contributed by atoms with Crippen LogP contribution in [0.2, 0.25) is 0 Å². The lowest BCUT2D eigenvalue weighted by atomic mass is 9.87. The Morgan fingerprint density at radius 1 is 1.42 bits per heavy atom. The van der Waals surface area contributed by atoms with Gasteiger partial charge in [0.15, 0.2) is 18.0 Å². The van der Waals surface area contributed by atoms with Crippen molar-refractivity contribution in [2.24, 2.45) is 0 Å². The third kappa shape index (κ3) is 4.65. The number of ether oxygens (including phenoxy) is 2. The second kappa shape index (κ2) is 9.63. The number of carboxylic acids is 1. The zero-order chi connectivity index (χ0) is 26.1. The van der Waals surface area contributed by atoms with E-state index in [2.05, 4.69) is 26.2 Å². The van der Waals surface area contributed by atoms with E-state index in [1.807, 2.05) is 0 Å². The van der Waals surface area contributed by atoms with Gasteiger partial charge in [-0.25, -0.2) is 4.79 Å². The first-order chi connectivity index (χ1) is 17.1. The molecule has 1 aliphatic heterocycles. The molecule has 0 amide bonds. The number of nitriles is 1. The molecule has 1 saturated heterocycles. The van der Waals surface area contributed by atoms with E-state index in [0.29, 0.717) is 11.2 Å². The van der Waals surface area contributed by atoms with Crippen LogP contribution in [0.25, 0.3) is 10.9 Å². The predicted octanol–water partition coefficient (Wildman–Crippen LogP) is 3.59. The Bertz CT molecular complexity index is 1350. The van der Waals surface area contributed by atoms with Gasteiger partial charge in [-0.2, -0.15) is 23.5 Å². The Kier molecular flexibility index (Phi) is 6.75. The van der Waals surface area contributed by atoms with Gasteiger partial charge in [0.1, 0.15) is 5.39 Å². The first kappa shape index (κ1) is 25.2. The van der Waals surface area contributed by atoms with Crippen LogP contribution in [0.15, 0.2) is 41.3 Å². The number of hydrogen-bond acceptors (Lipinski definition) is 7. The van der Waals surface area contributed by atoms with Gasteiger partial charge in [-0.3, -0.25) is 9.48 Å². The topological polar surface area (TPSA) is 142 Å². The minimum absolute atomic E-state index is 0.0487. The second-order valence-corrected chi connectivity index (χ2v) is 8.47. The quantitative estimate of drug-likeness (QED) is 0.442. The Morgan fingerprint density at radius 2 is 2.14 bits per heavy atom. The predicted molar refractivity (Wildman–Crippen MR) is 121 cm³/mol. The van der Waals surface area contributed by atoms with E-state index >= 15 is 0 Å². The molecule has 1 aromatic carbocycles. The number of benzene rings is 1. The lowest BCUT2D eigenvalue weighted by Gasteiger charge is -2.38. The number of nitrogens with zero attached hydrogens (tertiary/aromatic N) is 3. The third-order valence-corrected chi connectivity index (χ3v) is 6.17. The largest absolute Gasteiger partial charge is 0.479 e. The van der Waals surface area contributed by atoms with E-state index in [-0.39, 0.29) is 42.6 Å². The van der Waals surface area contributed by atoms with Gasteiger partial charge < -0.3 is 24.9 Å².